The summed E-state index contributed by atoms with van der Waals surface area (Å²) in [4.78, 5) is 11.5. The first-order valence-electron chi connectivity index (χ1n) is 6.16. The van der Waals surface area contributed by atoms with E-state index in [0.29, 0.717) is 6.42 Å². The zero-order valence-electron chi connectivity index (χ0n) is 10.7. The van der Waals surface area contributed by atoms with Crippen LogP contribution in [0.4, 0.5) is 0 Å². The molecule has 0 heterocycles. The largest absolute Gasteiger partial charge is 0.356 e. The average Bonchev–Trinajstić information content (AvgIpc) is 2.32. The topological polar surface area (TPSA) is 29.1 Å². The van der Waals surface area contributed by atoms with Crippen LogP contribution in [0.15, 0.2) is 36.4 Å². The Labute approximate surface area is 104 Å². The van der Waals surface area contributed by atoms with Crippen LogP contribution in [-0.4, -0.2) is 12.5 Å². The first-order valence-corrected chi connectivity index (χ1v) is 6.16. The van der Waals surface area contributed by atoms with Crippen LogP contribution >= 0.6 is 0 Å². The van der Waals surface area contributed by atoms with Crippen molar-refractivity contribution in [3.05, 3.63) is 47.5 Å². The van der Waals surface area contributed by atoms with Gasteiger partial charge in [0.15, 0.2) is 0 Å². The Morgan fingerprint density at radius 1 is 1.41 bits per heavy atom. The predicted molar refractivity (Wildman–Crippen MR) is 71.9 cm³/mol. The zero-order chi connectivity index (χ0) is 12.5. The van der Waals surface area contributed by atoms with Crippen LogP contribution in [-0.2, 0) is 11.2 Å². The second kappa shape index (κ2) is 7.66. The molecule has 0 saturated heterocycles. The van der Waals surface area contributed by atoms with Gasteiger partial charge < -0.3 is 5.32 Å². The number of hydrogen-bond acceptors (Lipinski definition) is 1. The summed E-state index contributed by atoms with van der Waals surface area (Å²) in [7, 11) is 0. The normalized spacial score (nSPS) is 10.7. The molecule has 1 aromatic carbocycles. The Bertz CT molecular complexity index is 382. The van der Waals surface area contributed by atoms with Crippen molar-refractivity contribution in [3.63, 3.8) is 0 Å². The van der Waals surface area contributed by atoms with Gasteiger partial charge >= 0.3 is 0 Å². The molecule has 1 amide bonds. The maximum absolute atomic E-state index is 11.5. The SMILES string of the molecule is C/C=C/CCNC(=O)CCc1cccc(C)c1. The van der Waals surface area contributed by atoms with E-state index in [1.54, 1.807) is 0 Å². The Morgan fingerprint density at radius 3 is 2.94 bits per heavy atom. The molecule has 2 nitrogen and oxygen atoms in total. The maximum atomic E-state index is 11.5. The van der Waals surface area contributed by atoms with Gasteiger partial charge in [-0.15, -0.1) is 0 Å². The van der Waals surface area contributed by atoms with Crippen LogP contribution < -0.4 is 5.32 Å². The number of hydrogen-bond donors (Lipinski definition) is 1. The van der Waals surface area contributed by atoms with E-state index in [2.05, 4.69) is 36.5 Å². The number of allylic oxidation sites excluding steroid dienone is 1. The molecule has 0 unspecified atom stereocenters. The van der Waals surface area contributed by atoms with Gasteiger partial charge in [-0.05, 0) is 32.3 Å². The van der Waals surface area contributed by atoms with Crippen molar-refractivity contribution in [1.29, 1.82) is 0 Å². The monoisotopic (exact) mass is 231 g/mol. The van der Waals surface area contributed by atoms with Gasteiger partial charge in [-0.1, -0.05) is 42.0 Å². The Balaban J connectivity index is 2.24. The lowest BCUT2D eigenvalue weighted by atomic mass is 10.1. The highest BCUT2D eigenvalue weighted by Gasteiger charge is 2.01. The molecule has 1 aromatic rings. The van der Waals surface area contributed by atoms with Crippen LogP contribution in [0.5, 0.6) is 0 Å². The molecule has 0 radical (unpaired) electrons. The summed E-state index contributed by atoms with van der Waals surface area (Å²) in [5.41, 5.74) is 2.48. The van der Waals surface area contributed by atoms with Gasteiger partial charge in [0.2, 0.25) is 5.91 Å². The standard InChI is InChI=1S/C15H21NO/c1-3-4-5-11-16-15(17)10-9-14-8-6-7-13(2)12-14/h3-4,6-8,12H,5,9-11H2,1-2H3,(H,16,17)/b4-3+. The molecule has 0 spiro atoms. The minimum absolute atomic E-state index is 0.135. The summed E-state index contributed by atoms with van der Waals surface area (Å²) < 4.78 is 0. The summed E-state index contributed by atoms with van der Waals surface area (Å²) in [6.07, 6.45) is 6.35. The minimum Gasteiger partial charge on any atom is -0.356 e. The number of rotatable bonds is 6. The number of benzene rings is 1. The number of amides is 1. The highest BCUT2D eigenvalue weighted by atomic mass is 16.1. The number of carbonyl (C=O) groups is 1. The molecule has 92 valence electrons. The second-order valence-electron chi connectivity index (χ2n) is 4.20. The quantitative estimate of drug-likeness (QED) is 0.592. The highest BCUT2D eigenvalue weighted by molar-refractivity contribution is 5.76. The number of aryl methyl sites for hydroxylation is 2. The fourth-order valence-corrected chi connectivity index (χ4v) is 1.68. The van der Waals surface area contributed by atoms with Crippen molar-refractivity contribution in [3.8, 4) is 0 Å². The van der Waals surface area contributed by atoms with Crippen molar-refractivity contribution < 1.29 is 4.79 Å². The molecule has 1 rings (SSSR count). The summed E-state index contributed by atoms with van der Waals surface area (Å²) >= 11 is 0. The molecule has 0 bridgehead atoms. The van der Waals surface area contributed by atoms with E-state index in [1.807, 2.05) is 19.1 Å². The fraction of sp³-hybridized carbons (Fsp3) is 0.400. The van der Waals surface area contributed by atoms with Crippen LogP contribution in [0, 0.1) is 6.92 Å². The molecule has 2 heteroatoms. The van der Waals surface area contributed by atoms with E-state index < -0.39 is 0 Å². The highest BCUT2D eigenvalue weighted by Crippen LogP contribution is 2.06. The molecule has 1 N–H and O–H groups in total. The van der Waals surface area contributed by atoms with Gasteiger partial charge in [-0.25, -0.2) is 0 Å². The summed E-state index contributed by atoms with van der Waals surface area (Å²) in [5, 5.41) is 2.91. The van der Waals surface area contributed by atoms with E-state index >= 15 is 0 Å². The van der Waals surface area contributed by atoms with Crippen LogP contribution in [0.1, 0.15) is 30.9 Å². The molecule has 0 fully saturated rings. The predicted octanol–water partition coefficient (Wildman–Crippen LogP) is 3.01. The van der Waals surface area contributed by atoms with Crippen molar-refractivity contribution in [2.45, 2.75) is 33.1 Å². The smallest absolute Gasteiger partial charge is 0.220 e. The van der Waals surface area contributed by atoms with E-state index in [0.717, 1.165) is 19.4 Å². The lowest BCUT2D eigenvalue weighted by Gasteiger charge is -2.04. The van der Waals surface area contributed by atoms with E-state index in [1.165, 1.54) is 11.1 Å². The van der Waals surface area contributed by atoms with Crippen molar-refractivity contribution in [2.75, 3.05) is 6.54 Å². The first-order chi connectivity index (χ1) is 8.22. The summed E-state index contributed by atoms with van der Waals surface area (Å²) in [6.45, 7) is 4.79. The minimum atomic E-state index is 0.135. The van der Waals surface area contributed by atoms with Gasteiger partial charge in [-0.3, -0.25) is 4.79 Å². The van der Waals surface area contributed by atoms with Gasteiger partial charge in [0.1, 0.15) is 0 Å². The van der Waals surface area contributed by atoms with Crippen LogP contribution in [0.3, 0.4) is 0 Å². The number of nitrogens with one attached hydrogen (secondary N) is 1. The van der Waals surface area contributed by atoms with E-state index in [9.17, 15) is 4.79 Å². The fourth-order valence-electron chi connectivity index (χ4n) is 1.68. The van der Waals surface area contributed by atoms with Crippen LogP contribution in [0.2, 0.25) is 0 Å². The third-order valence-corrected chi connectivity index (χ3v) is 2.59. The number of carbonyl (C=O) groups excluding carboxylic acids is 1. The Hall–Kier alpha value is -1.57. The molecular formula is C15H21NO. The first kappa shape index (κ1) is 13.5. The third-order valence-electron chi connectivity index (χ3n) is 2.59. The molecular weight excluding hydrogens is 210 g/mol. The second-order valence-corrected chi connectivity index (χ2v) is 4.20. The molecule has 0 aliphatic carbocycles. The molecule has 0 aliphatic heterocycles. The molecule has 0 saturated carbocycles. The van der Waals surface area contributed by atoms with Crippen molar-refractivity contribution >= 4 is 5.91 Å². The lowest BCUT2D eigenvalue weighted by molar-refractivity contribution is -0.121. The lowest BCUT2D eigenvalue weighted by Crippen LogP contribution is -2.24. The van der Waals surface area contributed by atoms with E-state index in [4.69, 9.17) is 0 Å². The van der Waals surface area contributed by atoms with Gasteiger partial charge in [0.25, 0.3) is 0 Å². The Kier molecular flexibility index (Phi) is 6.08. The van der Waals surface area contributed by atoms with Gasteiger partial charge in [-0.2, -0.15) is 0 Å². The van der Waals surface area contributed by atoms with Gasteiger partial charge in [0, 0.05) is 13.0 Å². The van der Waals surface area contributed by atoms with Crippen molar-refractivity contribution in [1.82, 2.24) is 5.32 Å². The summed E-state index contributed by atoms with van der Waals surface area (Å²) in [6, 6.07) is 8.31. The molecule has 17 heavy (non-hydrogen) atoms. The van der Waals surface area contributed by atoms with Gasteiger partial charge in [0.05, 0.1) is 0 Å². The summed E-state index contributed by atoms with van der Waals surface area (Å²) in [5.74, 6) is 0.135. The zero-order valence-corrected chi connectivity index (χ0v) is 10.7. The van der Waals surface area contributed by atoms with E-state index in [-0.39, 0.29) is 5.91 Å². The Morgan fingerprint density at radius 2 is 2.24 bits per heavy atom. The van der Waals surface area contributed by atoms with Crippen LogP contribution in [0.25, 0.3) is 0 Å². The molecule has 0 atom stereocenters. The van der Waals surface area contributed by atoms with Crippen molar-refractivity contribution in [2.24, 2.45) is 0 Å². The molecule has 0 aromatic heterocycles. The molecule has 0 aliphatic rings. The maximum Gasteiger partial charge on any atom is 0.220 e. The third kappa shape index (κ3) is 5.91. The average molecular weight is 231 g/mol.